The Labute approximate surface area is 128 Å². The number of amides is 2. The maximum atomic E-state index is 12.6. The normalized spacial score (nSPS) is 25.7. The van der Waals surface area contributed by atoms with Crippen LogP contribution in [0.5, 0.6) is 0 Å². The van der Waals surface area contributed by atoms with E-state index in [0.717, 1.165) is 29.9 Å². The van der Waals surface area contributed by atoms with Gasteiger partial charge in [0.05, 0.1) is 6.04 Å². The molecule has 2 aliphatic rings. The van der Waals surface area contributed by atoms with Gasteiger partial charge in [0, 0.05) is 11.7 Å². The molecule has 0 aromatic heterocycles. The lowest BCUT2D eigenvalue weighted by Gasteiger charge is -2.26. The molecule has 2 aliphatic heterocycles. The zero-order valence-corrected chi connectivity index (χ0v) is 12.7. The molecule has 2 heterocycles. The molecular formula is C16H19NO3S. The van der Waals surface area contributed by atoms with Crippen LogP contribution >= 0.6 is 11.8 Å². The fourth-order valence-corrected chi connectivity index (χ4v) is 4.03. The smallest absolute Gasteiger partial charge is 0.416 e. The number of nitrogens with zero attached hydrogens (tertiary/aromatic N) is 1. The Morgan fingerprint density at radius 2 is 2.14 bits per heavy atom. The minimum absolute atomic E-state index is 0.0346. The van der Waals surface area contributed by atoms with E-state index in [0.29, 0.717) is 13.0 Å². The summed E-state index contributed by atoms with van der Waals surface area (Å²) in [5.41, 5.74) is 1.12. The van der Waals surface area contributed by atoms with Gasteiger partial charge in [-0.1, -0.05) is 30.3 Å². The number of cyclic esters (lactones) is 1. The summed E-state index contributed by atoms with van der Waals surface area (Å²) < 4.78 is 5.12. The minimum atomic E-state index is -0.475. The highest BCUT2D eigenvalue weighted by atomic mass is 32.2. The van der Waals surface area contributed by atoms with Crippen LogP contribution in [-0.4, -0.2) is 41.1 Å². The van der Waals surface area contributed by atoms with E-state index in [1.165, 1.54) is 4.90 Å². The van der Waals surface area contributed by atoms with Gasteiger partial charge in [0.2, 0.25) is 5.91 Å². The fraction of sp³-hybridized carbons (Fsp3) is 0.500. The van der Waals surface area contributed by atoms with Crippen LogP contribution in [0.4, 0.5) is 4.79 Å². The molecule has 0 radical (unpaired) electrons. The van der Waals surface area contributed by atoms with Crippen LogP contribution in [0.3, 0.4) is 0 Å². The number of thioether (sulfide) groups is 1. The Morgan fingerprint density at radius 3 is 2.86 bits per heavy atom. The molecule has 1 aromatic carbocycles. The Hall–Kier alpha value is -1.49. The van der Waals surface area contributed by atoms with Crippen LogP contribution in [0.2, 0.25) is 0 Å². The molecule has 0 unspecified atom stereocenters. The van der Waals surface area contributed by atoms with Gasteiger partial charge in [0.25, 0.3) is 0 Å². The van der Waals surface area contributed by atoms with Gasteiger partial charge in [-0.3, -0.25) is 4.79 Å². The van der Waals surface area contributed by atoms with Gasteiger partial charge in [-0.25, -0.2) is 9.69 Å². The first kappa shape index (κ1) is 14.4. The van der Waals surface area contributed by atoms with E-state index in [1.807, 2.05) is 30.3 Å². The zero-order chi connectivity index (χ0) is 14.7. The Kier molecular flexibility index (Phi) is 4.48. The molecule has 112 valence electrons. The van der Waals surface area contributed by atoms with Crippen LogP contribution < -0.4 is 0 Å². The summed E-state index contributed by atoms with van der Waals surface area (Å²) in [6.07, 6.45) is 2.12. The highest BCUT2D eigenvalue weighted by Crippen LogP contribution is 2.27. The lowest BCUT2D eigenvalue weighted by molar-refractivity contribution is -0.133. The SMILES string of the molecule is O=C1OC[C@@H](Cc2ccccc2)N1C(=O)[C@@H]1CCCSC1. The third kappa shape index (κ3) is 3.23. The molecule has 0 spiro atoms. The van der Waals surface area contributed by atoms with Crippen LogP contribution in [0, 0.1) is 5.92 Å². The van der Waals surface area contributed by atoms with Crippen LogP contribution in [0.25, 0.3) is 0 Å². The molecule has 0 bridgehead atoms. The summed E-state index contributed by atoms with van der Waals surface area (Å²) in [6.45, 7) is 0.305. The van der Waals surface area contributed by atoms with Crippen molar-refractivity contribution >= 4 is 23.8 Å². The lowest BCUT2D eigenvalue weighted by Crippen LogP contribution is -2.44. The summed E-state index contributed by atoms with van der Waals surface area (Å²) in [5, 5.41) is 0. The lowest BCUT2D eigenvalue weighted by atomic mass is 10.0. The number of hydrogen-bond donors (Lipinski definition) is 0. The maximum absolute atomic E-state index is 12.6. The number of ether oxygens (including phenoxy) is 1. The number of benzene rings is 1. The largest absolute Gasteiger partial charge is 0.447 e. The first-order chi connectivity index (χ1) is 10.3. The predicted octanol–water partition coefficient (Wildman–Crippen LogP) is 2.72. The molecule has 2 amide bonds. The first-order valence-electron chi connectivity index (χ1n) is 7.37. The summed E-state index contributed by atoms with van der Waals surface area (Å²) in [4.78, 5) is 25.9. The molecule has 2 saturated heterocycles. The Bertz CT molecular complexity index is 514. The zero-order valence-electron chi connectivity index (χ0n) is 11.9. The highest BCUT2D eigenvalue weighted by molar-refractivity contribution is 7.99. The molecule has 4 nitrogen and oxygen atoms in total. The second-order valence-corrected chi connectivity index (χ2v) is 6.69. The quantitative estimate of drug-likeness (QED) is 0.861. The Balaban J connectivity index is 1.71. The van der Waals surface area contributed by atoms with Crippen molar-refractivity contribution in [3.05, 3.63) is 35.9 Å². The molecular weight excluding hydrogens is 286 g/mol. The molecule has 0 saturated carbocycles. The van der Waals surface area contributed by atoms with E-state index >= 15 is 0 Å². The average molecular weight is 305 g/mol. The van der Waals surface area contributed by atoms with Crippen molar-refractivity contribution in [1.29, 1.82) is 0 Å². The van der Waals surface area contributed by atoms with E-state index in [9.17, 15) is 9.59 Å². The van der Waals surface area contributed by atoms with Gasteiger partial charge in [0.1, 0.15) is 6.61 Å². The van der Waals surface area contributed by atoms with Crippen molar-refractivity contribution in [2.75, 3.05) is 18.1 Å². The first-order valence-corrected chi connectivity index (χ1v) is 8.52. The average Bonchev–Trinajstić information content (AvgIpc) is 2.89. The molecule has 2 atom stereocenters. The van der Waals surface area contributed by atoms with E-state index < -0.39 is 6.09 Å². The maximum Gasteiger partial charge on any atom is 0.416 e. The van der Waals surface area contributed by atoms with Crippen molar-refractivity contribution in [2.24, 2.45) is 5.92 Å². The van der Waals surface area contributed by atoms with E-state index in [4.69, 9.17) is 4.74 Å². The standard InChI is InChI=1S/C16H19NO3S/c18-15(13-7-4-8-21-11-13)17-14(10-20-16(17)19)9-12-5-2-1-3-6-12/h1-3,5-6,13-14H,4,7-11H2/t13-,14-/m1/s1. The summed E-state index contributed by atoms with van der Waals surface area (Å²) in [5.74, 6) is 1.85. The summed E-state index contributed by atoms with van der Waals surface area (Å²) in [7, 11) is 0. The second-order valence-electron chi connectivity index (χ2n) is 5.54. The molecule has 1 aromatic rings. The number of imide groups is 1. The summed E-state index contributed by atoms with van der Waals surface area (Å²) >= 11 is 1.80. The van der Waals surface area contributed by atoms with Crippen molar-refractivity contribution in [3.63, 3.8) is 0 Å². The molecule has 3 rings (SSSR count). The van der Waals surface area contributed by atoms with Crippen LogP contribution in [-0.2, 0) is 16.0 Å². The highest BCUT2D eigenvalue weighted by Gasteiger charge is 2.40. The molecule has 5 heteroatoms. The van der Waals surface area contributed by atoms with Crippen molar-refractivity contribution < 1.29 is 14.3 Å². The van der Waals surface area contributed by atoms with Gasteiger partial charge >= 0.3 is 6.09 Å². The third-order valence-corrected chi connectivity index (χ3v) is 5.24. The molecule has 21 heavy (non-hydrogen) atoms. The molecule has 0 aliphatic carbocycles. The monoisotopic (exact) mass is 305 g/mol. The van der Waals surface area contributed by atoms with Gasteiger partial charge < -0.3 is 4.74 Å². The topological polar surface area (TPSA) is 46.6 Å². The second kappa shape index (κ2) is 6.52. The Morgan fingerprint density at radius 1 is 1.33 bits per heavy atom. The number of hydrogen-bond acceptors (Lipinski definition) is 4. The number of rotatable bonds is 3. The number of carbonyl (C=O) groups excluding carboxylic acids is 2. The van der Waals surface area contributed by atoms with Gasteiger partial charge in [-0.05, 0) is 30.6 Å². The van der Waals surface area contributed by atoms with Crippen LogP contribution in [0.15, 0.2) is 30.3 Å². The van der Waals surface area contributed by atoms with Gasteiger partial charge in [-0.2, -0.15) is 11.8 Å². The van der Waals surface area contributed by atoms with Crippen molar-refractivity contribution in [1.82, 2.24) is 4.90 Å². The van der Waals surface area contributed by atoms with Gasteiger partial charge in [0.15, 0.2) is 0 Å². The van der Waals surface area contributed by atoms with Crippen LogP contribution in [0.1, 0.15) is 18.4 Å². The van der Waals surface area contributed by atoms with E-state index in [2.05, 4.69) is 0 Å². The molecule has 2 fully saturated rings. The van der Waals surface area contributed by atoms with Gasteiger partial charge in [-0.15, -0.1) is 0 Å². The third-order valence-electron chi connectivity index (χ3n) is 4.02. The summed E-state index contributed by atoms with van der Waals surface area (Å²) in [6, 6.07) is 9.76. The van der Waals surface area contributed by atoms with Crippen molar-refractivity contribution in [3.8, 4) is 0 Å². The van der Waals surface area contributed by atoms with E-state index in [1.54, 1.807) is 11.8 Å². The minimum Gasteiger partial charge on any atom is -0.447 e. The molecule has 0 N–H and O–H groups in total. The number of carbonyl (C=O) groups is 2. The predicted molar refractivity (Wildman–Crippen MR) is 82.2 cm³/mol. The fourth-order valence-electron chi connectivity index (χ4n) is 2.90. The van der Waals surface area contributed by atoms with Crippen molar-refractivity contribution in [2.45, 2.75) is 25.3 Å². The van der Waals surface area contributed by atoms with E-state index in [-0.39, 0.29) is 17.9 Å².